The van der Waals surface area contributed by atoms with Crippen LogP contribution in [0, 0.1) is 11.8 Å². The minimum atomic E-state index is -1.63. The van der Waals surface area contributed by atoms with Gasteiger partial charge in [-0.3, -0.25) is 0 Å². The standard InChI is InChI=1S/C18H37BO3Si/c1-13-14(11-12-20-23(9,10)16(2,3)4)15(13)19-21-17(5,6)18(7,8)22-19/h13-15H,11-12H2,1-10H3/t13-,14+,15+/m1/s1. The van der Waals surface area contributed by atoms with Crippen LogP contribution in [0.15, 0.2) is 0 Å². The molecule has 0 amide bonds. The summed E-state index contributed by atoms with van der Waals surface area (Å²) in [6.07, 6.45) is 1.13. The van der Waals surface area contributed by atoms with Crippen LogP contribution in [0.25, 0.3) is 0 Å². The van der Waals surface area contributed by atoms with Crippen molar-refractivity contribution in [2.45, 2.75) is 97.0 Å². The maximum absolute atomic E-state index is 6.34. The van der Waals surface area contributed by atoms with Gasteiger partial charge in [-0.2, -0.15) is 0 Å². The van der Waals surface area contributed by atoms with E-state index in [-0.39, 0.29) is 23.4 Å². The van der Waals surface area contributed by atoms with E-state index in [1.165, 1.54) is 0 Å². The molecule has 3 nitrogen and oxygen atoms in total. The van der Waals surface area contributed by atoms with Gasteiger partial charge in [-0.25, -0.2) is 0 Å². The monoisotopic (exact) mass is 340 g/mol. The Balaban J connectivity index is 1.84. The van der Waals surface area contributed by atoms with Crippen molar-refractivity contribution < 1.29 is 13.7 Å². The Bertz CT molecular complexity index is 426. The van der Waals surface area contributed by atoms with Crippen molar-refractivity contribution in [3.05, 3.63) is 0 Å². The zero-order valence-electron chi connectivity index (χ0n) is 16.9. The predicted molar refractivity (Wildman–Crippen MR) is 100 cm³/mol. The largest absolute Gasteiger partial charge is 0.461 e. The molecule has 2 rings (SSSR count). The van der Waals surface area contributed by atoms with Gasteiger partial charge in [-0.05, 0) is 69.9 Å². The maximum atomic E-state index is 6.34. The van der Waals surface area contributed by atoms with E-state index >= 15 is 0 Å². The van der Waals surface area contributed by atoms with E-state index in [0.29, 0.717) is 17.7 Å². The van der Waals surface area contributed by atoms with Crippen LogP contribution in [0.3, 0.4) is 0 Å². The highest BCUT2D eigenvalue weighted by molar-refractivity contribution is 6.74. The molecule has 0 aromatic heterocycles. The Kier molecular flexibility index (Phi) is 4.96. The lowest BCUT2D eigenvalue weighted by Gasteiger charge is -2.36. The van der Waals surface area contributed by atoms with E-state index in [4.69, 9.17) is 13.7 Å². The Morgan fingerprint density at radius 3 is 1.96 bits per heavy atom. The first-order valence-electron chi connectivity index (χ1n) is 9.19. The molecule has 0 N–H and O–H groups in total. The Morgan fingerprint density at radius 1 is 1.04 bits per heavy atom. The summed E-state index contributed by atoms with van der Waals surface area (Å²) in [4.78, 5) is 0. The van der Waals surface area contributed by atoms with Gasteiger partial charge in [0.1, 0.15) is 0 Å². The molecule has 0 aromatic rings. The van der Waals surface area contributed by atoms with Crippen LogP contribution in [0.1, 0.15) is 61.8 Å². The third-order valence-corrected chi connectivity index (χ3v) is 11.5. The zero-order valence-corrected chi connectivity index (χ0v) is 17.9. The first kappa shape index (κ1) is 19.5. The van der Waals surface area contributed by atoms with Crippen LogP contribution in [-0.2, 0) is 13.7 Å². The van der Waals surface area contributed by atoms with E-state index in [2.05, 4.69) is 68.5 Å². The van der Waals surface area contributed by atoms with Crippen LogP contribution in [0.2, 0.25) is 23.9 Å². The van der Waals surface area contributed by atoms with E-state index in [0.717, 1.165) is 13.0 Å². The van der Waals surface area contributed by atoms with E-state index in [9.17, 15) is 0 Å². The molecule has 5 heteroatoms. The van der Waals surface area contributed by atoms with Gasteiger partial charge in [-0.1, -0.05) is 27.7 Å². The van der Waals surface area contributed by atoms with Gasteiger partial charge in [0.05, 0.1) is 11.2 Å². The number of hydrogen-bond donors (Lipinski definition) is 0. The fourth-order valence-corrected chi connectivity index (χ4v) is 4.26. The molecule has 134 valence electrons. The quantitative estimate of drug-likeness (QED) is 0.650. The first-order valence-corrected chi connectivity index (χ1v) is 12.1. The van der Waals surface area contributed by atoms with Gasteiger partial charge in [-0.15, -0.1) is 0 Å². The molecule has 0 spiro atoms. The van der Waals surface area contributed by atoms with Gasteiger partial charge >= 0.3 is 7.12 Å². The lowest BCUT2D eigenvalue weighted by Crippen LogP contribution is -2.41. The molecule has 0 unspecified atom stereocenters. The second-order valence-corrected chi connectivity index (χ2v) is 14.9. The molecule has 23 heavy (non-hydrogen) atoms. The molecule has 1 aliphatic carbocycles. The summed E-state index contributed by atoms with van der Waals surface area (Å²) in [5.74, 6) is 1.88. The third-order valence-electron chi connectivity index (χ3n) is 6.94. The summed E-state index contributed by atoms with van der Waals surface area (Å²) in [7, 11) is -1.68. The Hall–Kier alpha value is 0.162. The summed E-state index contributed by atoms with van der Waals surface area (Å²) in [6, 6.07) is 0. The summed E-state index contributed by atoms with van der Waals surface area (Å²) in [6.45, 7) is 23.3. The average molecular weight is 340 g/mol. The molecule has 1 heterocycles. The summed E-state index contributed by atoms with van der Waals surface area (Å²) in [5, 5.41) is 0.285. The maximum Gasteiger partial charge on any atom is 0.461 e. The molecule has 0 aromatic carbocycles. The average Bonchev–Trinajstić information content (AvgIpc) is 2.89. The van der Waals surface area contributed by atoms with Gasteiger partial charge in [0.25, 0.3) is 0 Å². The van der Waals surface area contributed by atoms with Crippen LogP contribution in [-0.4, -0.2) is 33.2 Å². The first-order chi connectivity index (χ1) is 10.2. The normalized spacial score (nSPS) is 33.1. The van der Waals surface area contributed by atoms with E-state index < -0.39 is 8.32 Å². The third kappa shape index (κ3) is 3.73. The van der Waals surface area contributed by atoms with Gasteiger partial charge in [0, 0.05) is 6.61 Å². The summed E-state index contributed by atoms with van der Waals surface area (Å²) >= 11 is 0. The molecule has 1 saturated heterocycles. The Morgan fingerprint density at radius 2 is 1.52 bits per heavy atom. The minimum Gasteiger partial charge on any atom is -0.417 e. The molecule has 0 radical (unpaired) electrons. The van der Waals surface area contributed by atoms with Crippen LogP contribution in [0.5, 0.6) is 0 Å². The number of hydrogen-bond acceptors (Lipinski definition) is 3. The molecule has 2 aliphatic rings. The zero-order chi connectivity index (χ0) is 17.8. The molecular weight excluding hydrogens is 303 g/mol. The predicted octanol–water partition coefficient (Wildman–Crippen LogP) is 5.13. The van der Waals surface area contributed by atoms with E-state index in [1.54, 1.807) is 0 Å². The molecule has 2 fully saturated rings. The van der Waals surface area contributed by atoms with Crippen LogP contribution < -0.4 is 0 Å². The molecular formula is C18H37BO3Si. The van der Waals surface area contributed by atoms with Gasteiger partial charge in [0.15, 0.2) is 8.32 Å². The summed E-state index contributed by atoms with van der Waals surface area (Å²) < 4.78 is 18.8. The van der Waals surface area contributed by atoms with Crippen LogP contribution in [0.4, 0.5) is 0 Å². The van der Waals surface area contributed by atoms with Crippen molar-refractivity contribution in [1.29, 1.82) is 0 Å². The fraction of sp³-hybridized carbons (Fsp3) is 1.00. The van der Waals surface area contributed by atoms with Crippen molar-refractivity contribution in [3.63, 3.8) is 0 Å². The molecule has 1 aliphatic heterocycles. The van der Waals surface area contributed by atoms with Crippen LogP contribution >= 0.6 is 0 Å². The van der Waals surface area contributed by atoms with Crippen molar-refractivity contribution in [3.8, 4) is 0 Å². The van der Waals surface area contributed by atoms with Gasteiger partial charge < -0.3 is 13.7 Å². The smallest absolute Gasteiger partial charge is 0.417 e. The van der Waals surface area contributed by atoms with Crippen molar-refractivity contribution in [2.24, 2.45) is 11.8 Å². The minimum absolute atomic E-state index is 0.0483. The second kappa shape index (κ2) is 5.86. The van der Waals surface area contributed by atoms with Gasteiger partial charge in [0.2, 0.25) is 0 Å². The SMILES string of the molecule is C[C@@H]1[C@H](CCO[Si](C)(C)C(C)(C)C)[C@H]1B1OC(C)(C)C(C)(C)O1. The highest BCUT2D eigenvalue weighted by Gasteiger charge is 2.62. The van der Waals surface area contributed by atoms with Crippen molar-refractivity contribution in [1.82, 2.24) is 0 Å². The second-order valence-electron chi connectivity index (χ2n) is 10.1. The highest BCUT2D eigenvalue weighted by atomic mass is 28.4. The molecule has 1 saturated carbocycles. The number of rotatable bonds is 5. The molecule has 3 atom stereocenters. The topological polar surface area (TPSA) is 27.7 Å². The van der Waals surface area contributed by atoms with E-state index in [1.807, 2.05) is 0 Å². The Labute approximate surface area is 145 Å². The lowest BCUT2D eigenvalue weighted by atomic mass is 9.79. The lowest BCUT2D eigenvalue weighted by molar-refractivity contribution is 0.00578. The molecule has 0 bridgehead atoms. The fourth-order valence-electron chi connectivity index (χ4n) is 3.20. The summed E-state index contributed by atoms with van der Waals surface area (Å²) in [5.41, 5.74) is -0.440. The highest BCUT2D eigenvalue weighted by Crippen LogP contribution is 2.59. The van der Waals surface area contributed by atoms with Crippen molar-refractivity contribution >= 4 is 15.4 Å². The van der Waals surface area contributed by atoms with Crippen molar-refractivity contribution in [2.75, 3.05) is 6.61 Å².